The van der Waals surface area contributed by atoms with E-state index in [0.717, 1.165) is 36.3 Å². The molecule has 0 saturated heterocycles. The fourth-order valence-corrected chi connectivity index (χ4v) is 2.48. The van der Waals surface area contributed by atoms with Crippen LogP contribution in [0.15, 0.2) is 30.9 Å². The molecule has 5 heteroatoms. The maximum Gasteiger partial charge on any atom is 0.160 e. The van der Waals surface area contributed by atoms with Gasteiger partial charge in [-0.1, -0.05) is 13.3 Å². The molecule has 0 aliphatic carbocycles. The number of rotatable bonds is 4. The number of aromatic hydroxyl groups is 1. The first-order valence-electron chi connectivity index (χ1n) is 6.85. The van der Waals surface area contributed by atoms with Gasteiger partial charge in [0.25, 0.3) is 0 Å². The van der Waals surface area contributed by atoms with Crippen LogP contribution < -0.4 is 0 Å². The van der Waals surface area contributed by atoms with Crippen LogP contribution in [-0.2, 0) is 13.0 Å². The number of hydrogen-bond donors (Lipinski definition) is 1. The highest BCUT2D eigenvalue weighted by molar-refractivity contribution is 5.50. The van der Waals surface area contributed by atoms with Crippen LogP contribution in [0.2, 0.25) is 0 Å². The predicted molar refractivity (Wildman–Crippen MR) is 76.9 cm³/mol. The first-order valence-corrected chi connectivity index (χ1v) is 6.85. The third-order valence-corrected chi connectivity index (χ3v) is 3.45. The van der Waals surface area contributed by atoms with Crippen molar-refractivity contribution in [2.75, 3.05) is 0 Å². The van der Waals surface area contributed by atoms with E-state index in [9.17, 15) is 5.11 Å². The van der Waals surface area contributed by atoms with E-state index >= 15 is 0 Å². The van der Waals surface area contributed by atoms with Crippen LogP contribution in [-0.4, -0.2) is 24.3 Å². The van der Waals surface area contributed by atoms with E-state index in [0.29, 0.717) is 0 Å². The normalized spacial score (nSPS) is 11.3. The van der Waals surface area contributed by atoms with E-state index in [1.54, 1.807) is 10.7 Å². The van der Waals surface area contributed by atoms with Gasteiger partial charge in [-0.25, -0.2) is 9.50 Å². The van der Waals surface area contributed by atoms with Crippen LogP contribution in [0.3, 0.4) is 0 Å². The van der Waals surface area contributed by atoms with Crippen molar-refractivity contribution < 1.29 is 5.11 Å². The molecule has 20 heavy (non-hydrogen) atoms. The summed E-state index contributed by atoms with van der Waals surface area (Å²) in [4.78, 5) is 4.28. The Bertz CT molecular complexity index is 741. The molecule has 0 aromatic carbocycles. The first kappa shape index (κ1) is 12.7. The summed E-state index contributed by atoms with van der Waals surface area (Å²) in [6, 6.07) is 2.16. The molecule has 0 fully saturated rings. The van der Waals surface area contributed by atoms with Crippen LogP contribution >= 0.6 is 0 Å². The molecule has 0 aliphatic rings. The second-order valence-corrected chi connectivity index (χ2v) is 5.09. The van der Waals surface area contributed by atoms with E-state index in [-0.39, 0.29) is 5.75 Å². The lowest BCUT2D eigenvalue weighted by molar-refractivity contribution is 0.467. The topological polar surface area (TPSA) is 55.4 Å². The Hall–Kier alpha value is -2.30. The first-order chi connectivity index (χ1) is 9.67. The zero-order valence-corrected chi connectivity index (χ0v) is 11.7. The molecule has 0 spiro atoms. The van der Waals surface area contributed by atoms with E-state index in [1.807, 2.05) is 6.92 Å². The van der Waals surface area contributed by atoms with Crippen molar-refractivity contribution in [3.8, 4) is 5.75 Å². The molecular formula is C15H18N4O. The van der Waals surface area contributed by atoms with Crippen molar-refractivity contribution >= 4 is 5.65 Å². The molecule has 3 heterocycles. The Balaban J connectivity index is 1.95. The van der Waals surface area contributed by atoms with Gasteiger partial charge in [0.15, 0.2) is 11.4 Å². The van der Waals surface area contributed by atoms with E-state index in [2.05, 4.69) is 40.0 Å². The Kier molecular flexibility index (Phi) is 3.18. The highest BCUT2D eigenvalue weighted by Crippen LogP contribution is 2.18. The highest BCUT2D eigenvalue weighted by atomic mass is 16.3. The maximum atomic E-state index is 9.45. The van der Waals surface area contributed by atoms with Crippen molar-refractivity contribution in [3.63, 3.8) is 0 Å². The van der Waals surface area contributed by atoms with Crippen molar-refractivity contribution in [1.82, 2.24) is 19.2 Å². The summed E-state index contributed by atoms with van der Waals surface area (Å²) >= 11 is 0. The van der Waals surface area contributed by atoms with Gasteiger partial charge in [-0.05, 0) is 25.0 Å². The third-order valence-electron chi connectivity index (χ3n) is 3.45. The van der Waals surface area contributed by atoms with Gasteiger partial charge in [-0.15, -0.1) is 0 Å². The number of aryl methyl sites for hydroxylation is 2. The Labute approximate surface area is 117 Å². The van der Waals surface area contributed by atoms with Gasteiger partial charge in [0.05, 0.1) is 24.6 Å². The zero-order chi connectivity index (χ0) is 14.1. The SMILES string of the molecule is CCCc1ccn(Cc2c(C)nn3cc(O)cnc23)c1. The Morgan fingerprint density at radius 1 is 1.30 bits per heavy atom. The summed E-state index contributed by atoms with van der Waals surface area (Å²) < 4.78 is 3.79. The Morgan fingerprint density at radius 3 is 2.95 bits per heavy atom. The van der Waals surface area contributed by atoms with Crippen molar-refractivity contribution in [2.24, 2.45) is 0 Å². The van der Waals surface area contributed by atoms with Crippen molar-refractivity contribution in [1.29, 1.82) is 0 Å². The van der Waals surface area contributed by atoms with E-state index in [1.165, 1.54) is 11.8 Å². The zero-order valence-electron chi connectivity index (χ0n) is 11.7. The molecule has 5 nitrogen and oxygen atoms in total. The van der Waals surface area contributed by atoms with Crippen LogP contribution in [0.4, 0.5) is 0 Å². The smallest absolute Gasteiger partial charge is 0.160 e. The molecule has 0 amide bonds. The van der Waals surface area contributed by atoms with Gasteiger partial charge in [-0.2, -0.15) is 5.10 Å². The number of hydrogen-bond acceptors (Lipinski definition) is 3. The van der Waals surface area contributed by atoms with Crippen molar-refractivity contribution in [2.45, 2.75) is 33.2 Å². The molecule has 0 atom stereocenters. The summed E-state index contributed by atoms with van der Waals surface area (Å²) in [6.07, 6.45) is 9.56. The number of aromatic nitrogens is 4. The molecule has 0 aliphatic heterocycles. The minimum Gasteiger partial charge on any atom is -0.505 e. The fraction of sp³-hybridized carbons (Fsp3) is 0.333. The average Bonchev–Trinajstić information content (AvgIpc) is 2.96. The molecule has 0 saturated carbocycles. The molecule has 0 radical (unpaired) electrons. The Morgan fingerprint density at radius 2 is 2.15 bits per heavy atom. The number of nitrogens with zero attached hydrogens (tertiary/aromatic N) is 4. The molecule has 3 rings (SSSR count). The third kappa shape index (κ3) is 2.27. The van der Waals surface area contributed by atoms with Crippen LogP contribution in [0.1, 0.15) is 30.2 Å². The largest absolute Gasteiger partial charge is 0.505 e. The predicted octanol–water partition coefficient (Wildman–Crippen LogP) is 2.55. The van der Waals surface area contributed by atoms with Crippen LogP contribution in [0, 0.1) is 6.92 Å². The molecule has 0 bridgehead atoms. The minimum atomic E-state index is 0.123. The maximum absolute atomic E-state index is 9.45. The summed E-state index contributed by atoms with van der Waals surface area (Å²) in [5, 5.41) is 13.8. The second kappa shape index (κ2) is 5.00. The molecule has 104 valence electrons. The summed E-state index contributed by atoms with van der Waals surface area (Å²) in [5.74, 6) is 0.123. The highest BCUT2D eigenvalue weighted by Gasteiger charge is 2.11. The van der Waals surface area contributed by atoms with Gasteiger partial charge in [0.1, 0.15) is 0 Å². The van der Waals surface area contributed by atoms with Gasteiger partial charge in [-0.3, -0.25) is 0 Å². The average molecular weight is 270 g/mol. The van der Waals surface area contributed by atoms with Crippen LogP contribution in [0.25, 0.3) is 5.65 Å². The fourth-order valence-electron chi connectivity index (χ4n) is 2.48. The molecule has 1 N–H and O–H groups in total. The second-order valence-electron chi connectivity index (χ2n) is 5.09. The van der Waals surface area contributed by atoms with Crippen molar-refractivity contribution in [3.05, 3.63) is 47.7 Å². The van der Waals surface area contributed by atoms with Gasteiger partial charge >= 0.3 is 0 Å². The van der Waals surface area contributed by atoms with Gasteiger partial charge in [0, 0.05) is 18.0 Å². The lowest BCUT2D eigenvalue weighted by Gasteiger charge is -2.02. The lowest BCUT2D eigenvalue weighted by atomic mass is 10.2. The number of fused-ring (bicyclic) bond motifs is 1. The molecular weight excluding hydrogens is 252 g/mol. The van der Waals surface area contributed by atoms with E-state index in [4.69, 9.17) is 0 Å². The summed E-state index contributed by atoms with van der Waals surface area (Å²) in [6.45, 7) is 4.90. The van der Waals surface area contributed by atoms with Gasteiger partial charge in [0.2, 0.25) is 0 Å². The van der Waals surface area contributed by atoms with Crippen LogP contribution in [0.5, 0.6) is 5.75 Å². The summed E-state index contributed by atoms with van der Waals surface area (Å²) in [7, 11) is 0. The molecule has 0 unspecified atom stereocenters. The monoisotopic (exact) mass is 270 g/mol. The molecule has 3 aromatic heterocycles. The standard InChI is InChI=1S/C15H18N4O/c1-3-4-12-5-6-18(8-12)10-14-11(2)17-19-9-13(20)7-16-15(14)19/h5-9,20H,3-4,10H2,1-2H3. The summed E-state index contributed by atoms with van der Waals surface area (Å²) in [5.41, 5.74) is 4.18. The van der Waals surface area contributed by atoms with E-state index < -0.39 is 0 Å². The molecule has 3 aromatic rings. The lowest BCUT2D eigenvalue weighted by Crippen LogP contribution is -1.98. The minimum absolute atomic E-state index is 0.123. The quantitative estimate of drug-likeness (QED) is 0.792. The van der Waals surface area contributed by atoms with Gasteiger partial charge < -0.3 is 9.67 Å².